The van der Waals surface area contributed by atoms with Crippen LogP contribution >= 0.6 is 0 Å². The van der Waals surface area contributed by atoms with Crippen molar-refractivity contribution < 1.29 is 22.7 Å². The van der Waals surface area contributed by atoms with Gasteiger partial charge in [0.15, 0.2) is 0 Å². The zero-order valence-corrected chi connectivity index (χ0v) is 19.5. The molecule has 1 aromatic heterocycles. The van der Waals surface area contributed by atoms with Gasteiger partial charge in [-0.15, -0.1) is 0 Å². The zero-order valence-electron chi connectivity index (χ0n) is 19.5. The van der Waals surface area contributed by atoms with Crippen molar-refractivity contribution in [2.45, 2.75) is 32.5 Å². The number of carbonyl (C=O) groups is 1. The number of ether oxygens (including phenoxy) is 1. The Kier molecular flexibility index (Phi) is 7.63. The third-order valence-electron chi connectivity index (χ3n) is 5.51. The highest BCUT2D eigenvalue weighted by Crippen LogP contribution is 2.32. The number of carbonyl (C=O) groups excluding carboxylic acids is 1. The molecule has 4 aromatic rings. The Bertz CT molecular complexity index is 1320. The van der Waals surface area contributed by atoms with Crippen molar-refractivity contribution in [1.82, 2.24) is 9.97 Å². The van der Waals surface area contributed by atoms with Crippen LogP contribution in [0.15, 0.2) is 85.2 Å². The summed E-state index contributed by atoms with van der Waals surface area (Å²) in [7, 11) is 0. The molecule has 4 rings (SSSR count). The van der Waals surface area contributed by atoms with E-state index < -0.39 is 11.7 Å². The predicted octanol–water partition coefficient (Wildman–Crippen LogP) is 6.56. The molecule has 0 aliphatic heterocycles. The number of nitrogens with zero attached hydrogens (tertiary/aromatic N) is 2. The van der Waals surface area contributed by atoms with Gasteiger partial charge in [0.25, 0.3) is 0 Å². The van der Waals surface area contributed by atoms with Crippen molar-refractivity contribution in [3.8, 4) is 11.6 Å². The molecule has 36 heavy (non-hydrogen) atoms. The monoisotopic (exact) mass is 491 g/mol. The minimum Gasteiger partial charge on any atom is -0.439 e. The van der Waals surface area contributed by atoms with Crippen molar-refractivity contribution in [2.75, 3.05) is 5.32 Å². The maximum atomic E-state index is 13.1. The molecule has 0 aliphatic rings. The van der Waals surface area contributed by atoms with Gasteiger partial charge in [0, 0.05) is 25.5 Å². The van der Waals surface area contributed by atoms with E-state index in [1.165, 1.54) is 19.3 Å². The number of anilines is 1. The molecule has 0 atom stereocenters. The lowest BCUT2D eigenvalue weighted by atomic mass is 9.99. The second-order valence-corrected chi connectivity index (χ2v) is 8.37. The standard InChI is InChI=1S/C28H24F3N3O2/c1-19-7-8-22(15-25(19)28(29,30)31)14-23(35)13-20-9-11-24(12-10-20)36-27-16-26(33-18-34-27)32-17-21-5-3-2-4-6-21/h2-12,15-16,18H,13-14,17H2,1H3,(H,32,33,34). The van der Waals surface area contributed by atoms with Crippen molar-refractivity contribution in [3.63, 3.8) is 0 Å². The van der Waals surface area contributed by atoms with Gasteiger partial charge in [-0.2, -0.15) is 13.2 Å². The van der Waals surface area contributed by atoms with Crippen LogP contribution in [0.3, 0.4) is 0 Å². The normalized spacial score (nSPS) is 11.2. The Hall–Kier alpha value is -4.20. The number of aryl methyl sites for hydroxylation is 1. The smallest absolute Gasteiger partial charge is 0.416 e. The number of aromatic nitrogens is 2. The second-order valence-electron chi connectivity index (χ2n) is 8.37. The van der Waals surface area contributed by atoms with E-state index in [4.69, 9.17) is 4.74 Å². The molecule has 0 unspecified atom stereocenters. The van der Waals surface area contributed by atoms with Gasteiger partial charge >= 0.3 is 6.18 Å². The van der Waals surface area contributed by atoms with Gasteiger partial charge in [-0.25, -0.2) is 9.97 Å². The van der Waals surface area contributed by atoms with Crippen molar-refractivity contribution in [1.29, 1.82) is 0 Å². The highest BCUT2D eigenvalue weighted by atomic mass is 19.4. The molecule has 0 radical (unpaired) electrons. The first-order valence-corrected chi connectivity index (χ1v) is 11.3. The molecule has 184 valence electrons. The third-order valence-corrected chi connectivity index (χ3v) is 5.51. The van der Waals surface area contributed by atoms with E-state index in [1.54, 1.807) is 36.4 Å². The fourth-order valence-electron chi connectivity index (χ4n) is 3.68. The lowest BCUT2D eigenvalue weighted by Crippen LogP contribution is -2.11. The Morgan fingerprint density at radius 1 is 0.861 bits per heavy atom. The second kappa shape index (κ2) is 11.0. The molecular weight excluding hydrogens is 467 g/mol. The SMILES string of the molecule is Cc1ccc(CC(=O)Cc2ccc(Oc3cc(NCc4ccccc4)ncn3)cc2)cc1C(F)(F)F. The summed E-state index contributed by atoms with van der Waals surface area (Å²) in [6, 6.07) is 22.5. The average molecular weight is 492 g/mol. The van der Waals surface area contributed by atoms with E-state index in [0.717, 1.165) is 17.2 Å². The molecule has 0 bridgehead atoms. The molecule has 3 aromatic carbocycles. The van der Waals surface area contributed by atoms with Crippen LogP contribution in [0.1, 0.15) is 27.8 Å². The summed E-state index contributed by atoms with van der Waals surface area (Å²) < 4.78 is 45.2. The lowest BCUT2D eigenvalue weighted by molar-refractivity contribution is -0.138. The molecule has 0 saturated carbocycles. The minimum atomic E-state index is -4.44. The molecule has 1 N–H and O–H groups in total. The maximum Gasteiger partial charge on any atom is 0.416 e. The Morgan fingerprint density at radius 2 is 1.56 bits per heavy atom. The molecule has 0 fully saturated rings. The van der Waals surface area contributed by atoms with E-state index in [-0.39, 0.29) is 24.2 Å². The first-order valence-electron chi connectivity index (χ1n) is 11.3. The topological polar surface area (TPSA) is 64.1 Å². The van der Waals surface area contributed by atoms with Gasteiger partial charge < -0.3 is 10.1 Å². The van der Waals surface area contributed by atoms with Crippen LogP contribution < -0.4 is 10.1 Å². The van der Waals surface area contributed by atoms with E-state index in [9.17, 15) is 18.0 Å². The van der Waals surface area contributed by atoms with Crippen LogP contribution in [0.2, 0.25) is 0 Å². The summed E-state index contributed by atoms with van der Waals surface area (Å²) in [5.41, 5.74) is 1.63. The summed E-state index contributed by atoms with van der Waals surface area (Å²) in [6.07, 6.45) is -3.00. The number of ketones is 1. The zero-order chi connectivity index (χ0) is 25.5. The van der Waals surface area contributed by atoms with E-state index >= 15 is 0 Å². The first kappa shape index (κ1) is 24.9. The Balaban J connectivity index is 1.33. The van der Waals surface area contributed by atoms with Crippen LogP contribution in [-0.4, -0.2) is 15.8 Å². The predicted molar refractivity (Wildman–Crippen MR) is 131 cm³/mol. The summed E-state index contributed by atoms with van der Waals surface area (Å²) in [6.45, 7) is 2.02. The molecule has 0 aliphatic carbocycles. The lowest BCUT2D eigenvalue weighted by Gasteiger charge is -2.12. The number of benzene rings is 3. The van der Waals surface area contributed by atoms with Crippen LogP contribution in [0.25, 0.3) is 0 Å². The molecule has 5 nitrogen and oxygen atoms in total. The molecule has 1 heterocycles. The fourth-order valence-corrected chi connectivity index (χ4v) is 3.68. The van der Waals surface area contributed by atoms with Gasteiger partial charge in [0.1, 0.15) is 23.7 Å². The molecule has 0 spiro atoms. The summed E-state index contributed by atoms with van der Waals surface area (Å²) in [4.78, 5) is 20.8. The fraction of sp³-hybridized carbons (Fsp3) is 0.179. The van der Waals surface area contributed by atoms with Gasteiger partial charge in [0.05, 0.1) is 5.56 Å². The van der Waals surface area contributed by atoms with Crippen LogP contribution in [0.5, 0.6) is 11.6 Å². The van der Waals surface area contributed by atoms with Crippen LogP contribution in [-0.2, 0) is 30.4 Å². The highest BCUT2D eigenvalue weighted by Gasteiger charge is 2.32. The molecule has 0 amide bonds. The quantitative estimate of drug-likeness (QED) is 0.287. The number of nitrogens with one attached hydrogen (secondary N) is 1. The highest BCUT2D eigenvalue weighted by molar-refractivity contribution is 5.83. The number of hydrogen-bond acceptors (Lipinski definition) is 5. The largest absolute Gasteiger partial charge is 0.439 e. The molecule has 8 heteroatoms. The number of Topliss-reactive ketones (excluding diaryl/α,β-unsaturated/α-hetero) is 1. The summed E-state index contributed by atoms with van der Waals surface area (Å²) in [5.74, 6) is 1.35. The van der Waals surface area contributed by atoms with Crippen molar-refractivity contribution >= 4 is 11.6 Å². The van der Waals surface area contributed by atoms with Crippen LogP contribution in [0, 0.1) is 6.92 Å². The van der Waals surface area contributed by atoms with Gasteiger partial charge in [-0.1, -0.05) is 54.6 Å². The average Bonchev–Trinajstić information content (AvgIpc) is 2.85. The van der Waals surface area contributed by atoms with Gasteiger partial charge in [-0.3, -0.25) is 4.79 Å². The first-order chi connectivity index (χ1) is 17.3. The maximum absolute atomic E-state index is 13.1. The van der Waals surface area contributed by atoms with Gasteiger partial charge in [0.2, 0.25) is 5.88 Å². The van der Waals surface area contributed by atoms with E-state index in [2.05, 4.69) is 15.3 Å². The van der Waals surface area contributed by atoms with E-state index in [0.29, 0.717) is 29.6 Å². The van der Waals surface area contributed by atoms with Crippen molar-refractivity contribution in [3.05, 3.63) is 113 Å². The van der Waals surface area contributed by atoms with Crippen LogP contribution in [0.4, 0.5) is 19.0 Å². The number of alkyl halides is 3. The molecular formula is C28H24F3N3O2. The molecule has 0 saturated heterocycles. The minimum absolute atomic E-state index is 0.0681. The van der Waals surface area contributed by atoms with Gasteiger partial charge in [-0.05, 0) is 47.4 Å². The van der Waals surface area contributed by atoms with Crippen molar-refractivity contribution in [2.24, 2.45) is 0 Å². The number of hydrogen-bond donors (Lipinski definition) is 1. The Morgan fingerprint density at radius 3 is 2.28 bits per heavy atom. The Labute approximate surface area is 207 Å². The van der Waals surface area contributed by atoms with E-state index in [1.807, 2.05) is 30.3 Å². The third kappa shape index (κ3) is 6.91. The number of halogens is 3. The summed E-state index contributed by atoms with van der Waals surface area (Å²) >= 11 is 0. The number of rotatable bonds is 9. The summed E-state index contributed by atoms with van der Waals surface area (Å²) in [5, 5.41) is 3.22.